The van der Waals surface area contributed by atoms with Crippen LogP contribution in [0.15, 0.2) is 0 Å². The van der Waals surface area contributed by atoms with Gasteiger partial charge < -0.3 is 0 Å². The van der Waals surface area contributed by atoms with E-state index in [1.54, 1.807) is 0 Å². The molecule has 0 radical (unpaired) electrons. The Labute approximate surface area is 169 Å². The normalized spacial score (nSPS) is 43.4. The number of piperazine rings is 2. The van der Waals surface area contributed by atoms with Crippen LogP contribution in [0.25, 0.3) is 0 Å². The SMILES string of the molecule is CC(C)N1CCN(C2(C)CC(C)(N3CCN(C(C)C)[C@@H](C)[C@H]3C)C2)[C@H](C)C1. The second kappa shape index (κ2) is 7.59. The lowest BCUT2D eigenvalue weighted by Crippen LogP contribution is -2.75. The summed E-state index contributed by atoms with van der Waals surface area (Å²) < 4.78 is 0. The zero-order valence-corrected chi connectivity index (χ0v) is 19.6. The van der Waals surface area contributed by atoms with E-state index in [-0.39, 0.29) is 0 Å². The zero-order valence-electron chi connectivity index (χ0n) is 19.6. The van der Waals surface area contributed by atoms with Crippen molar-refractivity contribution in [2.45, 2.75) is 116 Å². The Bertz CT molecular complexity index is 511. The van der Waals surface area contributed by atoms with Crippen molar-refractivity contribution in [3.8, 4) is 0 Å². The fourth-order valence-corrected chi connectivity index (χ4v) is 6.91. The first kappa shape index (κ1) is 21.5. The fraction of sp³-hybridized carbons (Fsp3) is 1.00. The lowest BCUT2D eigenvalue weighted by Gasteiger charge is -2.66. The Balaban J connectivity index is 1.63. The summed E-state index contributed by atoms with van der Waals surface area (Å²) in [4.78, 5) is 11.0. The highest BCUT2D eigenvalue weighted by Crippen LogP contribution is 2.51. The molecule has 2 aliphatic heterocycles. The molecule has 2 saturated heterocycles. The minimum absolute atomic E-state index is 0.375. The standard InChI is InChI=1S/C23H46N4/c1-17(2)24-10-12-26(19(5)14-24)22(8)15-23(9,16-22)27-13-11-25(18(3)4)20(6)21(27)7/h17-21H,10-16H2,1-9H3/t19-,20+,21-,22?,23?/m1/s1. The van der Waals surface area contributed by atoms with Gasteiger partial charge in [0.25, 0.3) is 0 Å². The molecule has 3 aliphatic rings. The summed E-state index contributed by atoms with van der Waals surface area (Å²) in [6.07, 6.45) is 2.65. The molecule has 27 heavy (non-hydrogen) atoms. The van der Waals surface area contributed by atoms with E-state index in [1.807, 2.05) is 0 Å². The van der Waals surface area contributed by atoms with Crippen LogP contribution >= 0.6 is 0 Å². The van der Waals surface area contributed by atoms with Crippen LogP contribution < -0.4 is 0 Å². The summed E-state index contributed by atoms with van der Waals surface area (Å²) >= 11 is 0. The first-order chi connectivity index (χ1) is 12.5. The third-order valence-electron chi connectivity index (χ3n) is 8.27. The molecule has 0 spiro atoms. The Morgan fingerprint density at radius 1 is 0.704 bits per heavy atom. The Hall–Kier alpha value is -0.160. The molecule has 4 heteroatoms. The van der Waals surface area contributed by atoms with Gasteiger partial charge >= 0.3 is 0 Å². The fourth-order valence-electron chi connectivity index (χ4n) is 6.91. The average molecular weight is 379 g/mol. The largest absolute Gasteiger partial charge is 0.298 e. The van der Waals surface area contributed by atoms with Crippen molar-refractivity contribution in [1.82, 2.24) is 19.6 Å². The number of rotatable bonds is 4. The molecule has 0 amide bonds. The Morgan fingerprint density at radius 2 is 1.26 bits per heavy atom. The molecule has 158 valence electrons. The summed E-state index contributed by atoms with van der Waals surface area (Å²) in [5.74, 6) is 0. The lowest BCUT2D eigenvalue weighted by atomic mass is 9.61. The summed E-state index contributed by atoms with van der Waals surface area (Å²) in [6, 6.07) is 3.29. The molecule has 0 N–H and O–H groups in total. The van der Waals surface area contributed by atoms with E-state index in [1.165, 1.54) is 45.6 Å². The molecule has 3 fully saturated rings. The number of hydrogen-bond acceptors (Lipinski definition) is 4. The van der Waals surface area contributed by atoms with Gasteiger partial charge in [-0.15, -0.1) is 0 Å². The first-order valence-corrected chi connectivity index (χ1v) is 11.5. The number of nitrogens with zero attached hydrogens (tertiary/aromatic N) is 4. The lowest BCUT2D eigenvalue weighted by molar-refractivity contribution is -0.152. The van der Waals surface area contributed by atoms with Crippen molar-refractivity contribution in [1.29, 1.82) is 0 Å². The van der Waals surface area contributed by atoms with Crippen molar-refractivity contribution in [2.75, 3.05) is 32.7 Å². The zero-order chi connectivity index (χ0) is 20.1. The molecular weight excluding hydrogens is 332 g/mol. The van der Waals surface area contributed by atoms with Gasteiger partial charge in [0.1, 0.15) is 0 Å². The smallest absolute Gasteiger partial charge is 0.0226 e. The molecule has 0 unspecified atom stereocenters. The third-order valence-corrected chi connectivity index (χ3v) is 8.27. The van der Waals surface area contributed by atoms with Gasteiger partial charge in [0, 0.05) is 74.0 Å². The third kappa shape index (κ3) is 3.84. The molecule has 0 aromatic rings. The van der Waals surface area contributed by atoms with Crippen molar-refractivity contribution in [3.05, 3.63) is 0 Å². The molecule has 1 aliphatic carbocycles. The molecule has 0 bridgehead atoms. The molecule has 3 atom stereocenters. The van der Waals surface area contributed by atoms with Crippen LogP contribution in [0.4, 0.5) is 0 Å². The molecule has 3 rings (SSSR count). The molecule has 0 aromatic carbocycles. The average Bonchev–Trinajstić information content (AvgIpc) is 2.55. The van der Waals surface area contributed by atoms with Crippen LogP contribution in [0.3, 0.4) is 0 Å². The monoisotopic (exact) mass is 378 g/mol. The van der Waals surface area contributed by atoms with E-state index in [9.17, 15) is 0 Å². The van der Waals surface area contributed by atoms with Crippen molar-refractivity contribution >= 4 is 0 Å². The van der Waals surface area contributed by atoms with Crippen LogP contribution in [-0.2, 0) is 0 Å². The first-order valence-electron chi connectivity index (χ1n) is 11.5. The van der Waals surface area contributed by atoms with Gasteiger partial charge in [-0.25, -0.2) is 0 Å². The quantitative estimate of drug-likeness (QED) is 0.742. The maximum absolute atomic E-state index is 2.85. The minimum atomic E-state index is 0.375. The van der Waals surface area contributed by atoms with Gasteiger partial charge in [0.2, 0.25) is 0 Å². The van der Waals surface area contributed by atoms with E-state index in [0.717, 1.165) is 0 Å². The van der Waals surface area contributed by atoms with Gasteiger partial charge in [-0.3, -0.25) is 19.6 Å². The van der Waals surface area contributed by atoms with Crippen LogP contribution in [0, 0.1) is 0 Å². The van der Waals surface area contributed by atoms with Crippen LogP contribution in [-0.4, -0.2) is 93.6 Å². The van der Waals surface area contributed by atoms with E-state index in [2.05, 4.69) is 81.9 Å². The second-order valence-corrected chi connectivity index (χ2v) is 11.0. The highest BCUT2D eigenvalue weighted by Gasteiger charge is 2.57. The van der Waals surface area contributed by atoms with E-state index < -0.39 is 0 Å². The topological polar surface area (TPSA) is 13.0 Å². The van der Waals surface area contributed by atoms with Gasteiger partial charge in [-0.2, -0.15) is 0 Å². The summed E-state index contributed by atoms with van der Waals surface area (Å²) in [5.41, 5.74) is 0.760. The van der Waals surface area contributed by atoms with Crippen molar-refractivity contribution in [3.63, 3.8) is 0 Å². The maximum atomic E-state index is 2.85. The molecule has 4 nitrogen and oxygen atoms in total. The summed E-state index contributed by atoms with van der Waals surface area (Å²) in [6.45, 7) is 27.9. The highest BCUT2D eigenvalue weighted by molar-refractivity contribution is 5.15. The molecule has 0 aromatic heterocycles. The van der Waals surface area contributed by atoms with E-state index in [0.29, 0.717) is 41.3 Å². The predicted octanol–water partition coefficient (Wildman–Crippen LogP) is 3.52. The Morgan fingerprint density at radius 3 is 1.78 bits per heavy atom. The van der Waals surface area contributed by atoms with Crippen molar-refractivity contribution in [2.24, 2.45) is 0 Å². The van der Waals surface area contributed by atoms with E-state index in [4.69, 9.17) is 0 Å². The van der Waals surface area contributed by atoms with Gasteiger partial charge in [0.15, 0.2) is 0 Å². The second-order valence-electron chi connectivity index (χ2n) is 11.0. The minimum Gasteiger partial charge on any atom is -0.298 e. The highest BCUT2D eigenvalue weighted by atomic mass is 15.4. The van der Waals surface area contributed by atoms with Crippen LogP contribution in [0.5, 0.6) is 0 Å². The molecule has 2 heterocycles. The van der Waals surface area contributed by atoms with Gasteiger partial charge in [-0.05, 0) is 75.2 Å². The van der Waals surface area contributed by atoms with Gasteiger partial charge in [0.05, 0.1) is 0 Å². The van der Waals surface area contributed by atoms with Gasteiger partial charge in [-0.1, -0.05) is 0 Å². The maximum Gasteiger partial charge on any atom is 0.0226 e. The number of hydrogen-bond donors (Lipinski definition) is 0. The molecular formula is C23H46N4. The summed E-state index contributed by atoms with van der Waals surface area (Å²) in [5, 5.41) is 0. The van der Waals surface area contributed by atoms with Crippen LogP contribution in [0.1, 0.15) is 75.2 Å². The Kier molecular flexibility index (Phi) is 6.06. The molecule has 1 saturated carbocycles. The van der Waals surface area contributed by atoms with Crippen molar-refractivity contribution < 1.29 is 0 Å². The van der Waals surface area contributed by atoms with E-state index >= 15 is 0 Å². The predicted molar refractivity (Wildman–Crippen MR) is 116 cm³/mol. The summed E-state index contributed by atoms with van der Waals surface area (Å²) in [7, 11) is 0. The van der Waals surface area contributed by atoms with Crippen LogP contribution in [0.2, 0.25) is 0 Å².